The van der Waals surface area contributed by atoms with E-state index in [1.807, 2.05) is 18.2 Å². The van der Waals surface area contributed by atoms with Crippen LogP contribution in [0.1, 0.15) is 18.4 Å². The molecule has 1 aromatic heterocycles. The van der Waals surface area contributed by atoms with E-state index in [4.69, 9.17) is 4.52 Å². The Labute approximate surface area is 159 Å². The summed E-state index contributed by atoms with van der Waals surface area (Å²) in [5.74, 6) is 0.107. The van der Waals surface area contributed by atoms with Crippen LogP contribution in [0.5, 0.6) is 0 Å². The fraction of sp³-hybridized carbons (Fsp3) is 0.444. The highest BCUT2D eigenvalue weighted by Gasteiger charge is 2.45. The molecule has 10 nitrogen and oxygen atoms in total. The molecule has 0 saturated carbocycles. The predicted octanol–water partition coefficient (Wildman–Crippen LogP) is 1.21. The summed E-state index contributed by atoms with van der Waals surface area (Å²) in [7, 11) is 0. The van der Waals surface area contributed by atoms with E-state index >= 15 is 0 Å². The third-order valence-electron chi connectivity index (χ3n) is 5.81. The van der Waals surface area contributed by atoms with Gasteiger partial charge in [0.15, 0.2) is 11.4 Å². The van der Waals surface area contributed by atoms with E-state index in [9.17, 15) is 19.5 Å². The van der Waals surface area contributed by atoms with Crippen molar-refractivity contribution < 1.29 is 24.0 Å². The van der Waals surface area contributed by atoms with Gasteiger partial charge in [-0.15, -0.1) is 0 Å². The van der Waals surface area contributed by atoms with Crippen LogP contribution in [-0.2, 0) is 11.3 Å². The van der Waals surface area contributed by atoms with E-state index in [2.05, 4.69) is 15.4 Å². The maximum absolute atomic E-state index is 12.1. The number of amides is 4. The van der Waals surface area contributed by atoms with Crippen molar-refractivity contribution in [1.82, 2.24) is 20.3 Å². The summed E-state index contributed by atoms with van der Waals surface area (Å²) in [5, 5.41) is 16.3. The Balaban J connectivity index is 1.37. The Hall–Kier alpha value is -3.14. The Morgan fingerprint density at radius 1 is 1.29 bits per heavy atom. The maximum Gasteiger partial charge on any atom is 0.407 e. The highest BCUT2D eigenvalue weighted by molar-refractivity contribution is 6.08. The average Bonchev–Trinajstić information content (AvgIpc) is 3.35. The summed E-state index contributed by atoms with van der Waals surface area (Å²) in [4.78, 5) is 40.0. The second-order valence-electron chi connectivity index (χ2n) is 7.50. The first-order valence-corrected chi connectivity index (χ1v) is 9.23. The highest BCUT2D eigenvalue weighted by Crippen LogP contribution is 2.33. The van der Waals surface area contributed by atoms with Gasteiger partial charge in [0, 0.05) is 44.7 Å². The number of fused-ring (bicyclic) bond motifs is 3. The molecule has 0 radical (unpaired) electrons. The van der Waals surface area contributed by atoms with Crippen molar-refractivity contribution in [1.29, 1.82) is 0 Å². The molecule has 4 amide bonds. The van der Waals surface area contributed by atoms with Crippen molar-refractivity contribution >= 4 is 34.8 Å². The van der Waals surface area contributed by atoms with E-state index in [1.165, 1.54) is 9.80 Å². The second kappa shape index (κ2) is 6.20. The third kappa shape index (κ3) is 2.68. The summed E-state index contributed by atoms with van der Waals surface area (Å²) in [6.45, 7) is 2.22. The Morgan fingerprint density at radius 2 is 2.14 bits per heavy atom. The van der Waals surface area contributed by atoms with Crippen molar-refractivity contribution in [3.8, 4) is 0 Å². The summed E-state index contributed by atoms with van der Waals surface area (Å²) in [5.41, 5.74) is 1.61. The fourth-order valence-corrected chi connectivity index (χ4v) is 4.44. The van der Waals surface area contributed by atoms with Crippen molar-refractivity contribution in [2.24, 2.45) is 0 Å². The number of piperazine rings is 1. The van der Waals surface area contributed by atoms with Crippen molar-refractivity contribution in [2.45, 2.75) is 31.5 Å². The standard InChI is InChI=1S/C18H19N5O5/c24-15-3-4-22(17(25)19-15)16-13-5-10(1-2-14(13)28-20-16)7-21-8-12-6-11(21)9-23(12)18(26)27/h1-2,5,11-12H,3-4,6-9H2,(H,26,27)(H,19,24,25)/t11-,12-/m0/s1. The summed E-state index contributed by atoms with van der Waals surface area (Å²) < 4.78 is 5.35. The van der Waals surface area contributed by atoms with Gasteiger partial charge >= 0.3 is 12.1 Å². The molecule has 4 heterocycles. The Morgan fingerprint density at radius 3 is 2.86 bits per heavy atom. The minimum absolute atomic E-state index is 0.0620. The number of anilines is 1. The van der Waals surface area contributed by atoms with Crippen molar-refractivity contribution in [3.05, 3.63) is 23.8 Å². The molecule has 2 bridgehead atoms. The maximum atomic E-state index is 12.1. The van der Waals surface area contributed by atoms with Gasteiger partial charge < -0.3 is 14.5 Å². The molecule has 1 aromatic carbocycles. The summed E-state index contributed by atoms with van der Waals surface area (Å²) >= 11 is 0. The predicted molar refractivity (Wildman–Crippen MR) is 96.8 cm³/mol. The topological polar surface area (TPSA) is 119 Å². The molecule has 3 fully saturated rings. The molecule has 0 spiro atoms. The normalized spacial score (nSPS) is 25.0. The quantitative estimate of drug-likeness (QED) is 0.815. The lowest BCUT2D eigenvalue weighted by Crippen LogP contribution is -2.49. The number of aromatic nitrogens is 1. The molecule has 28 heavy (non-hydrogen) atoms. The molecular weight excluding hydrogens is 366 g/mol. The molecule has 0 unspecified atom stereocenters. The molecular formula is C18H19N5O5. The number of imide groups is 1. The van der Waals surface area contributed by atoms with Crippen LogP contribution in [0, 0.1) is 0 Å². The average molecular weight is 385 g/mol. The first kappa shape index (κ1) is 17.0. The van der Waals surface area contributed by atoms with Gasteiger partial charge in [0.1, 0.15) is 0 Å². The van der Waals surface area contributed by atoms with Gasteiger partial charge in [-0.3, -0.25) is 19.9 Å². The lowest BCUT2D eigenvalue weighted by Gasteiger charge is -2.32. The smallest absolute Gasteiger partial charge is 0.407 e. The molecule has 2 aromatic rings. The molecule has 146 valence electrons. The SMILES string of the molecule is O=C1CCN(c2noc3ccc(CN4C[C@@H]5C[C@H]4CN5C(=O)O)cc23)C(=O)N1. The zero-order chi connectivity index (χ0) is 19.4. The molecule has 10 heteroatoms. The molecule has 5 rings (SSSR count). The Bertz CT molecular complexity index is 988. The van der Waals surface area contributed by atoms with Crippen LogP contribution in [0.25, 0.3) is 11.0 Å². The molecule has 0 aliphatic carbocycles. The van der Waals surface area contributed by atoms with Crippen LogP contribution in [-0.4, -0.2) is 69.8 Å². The number of nitrogens with zero attached hydrogens (tertiary/aromatic N) is 4. The molecule has 2 N–H and O–H groups in total. The van der Waals surface area contributed by atoms with Gasteiger partial charge in [0.25, 0.3) is 0 Å². The highest BCUT2D eigenvalue weighted by atomic mass is 16.5. The van der Waals surface area contributed by atoms with Crippen molar-refractivity contribution in [2.75, 3.05) is 24.5 Å². The minimum Gasteiger partial charge on any atom is -0.465 e. The number of hydrogen-bond acceptors (Lipinski definition) is 6. The number of hydrogen-bond donors (Lipinski definition) is 2. The van der Waals surface area contributed by atoms with Gasteiger partial charge in [-0.05, 0) is 24.1 Å². The van der Waals surface area contributed by atoms with E-state index in [1.54, 1.807) is 0 Å². The fourth-order valence-electron chi connectivity index (χ4n) is 4.44. The lowest BCUT2D eigenvalue weighted by atomic mass is 10.1. The molecule has 3 saturated heterocycles. The van der Waals surface area contributed by atoms with E-state index < -0.39 is 12.1 Å². The van der Waals surface area contributed by atoms with Crippen LogP contribution in [0.4, 0.5) is 15.4 Å². The number of carbonyl (C=O) groups excluding carboxylic acids is 2. The first-order chi connectivity index (χ1) is 13.5. The number of urea groups is 1. The van der Waals surface area contributed by atoms with Crippen LogP contribution in [0.15, 0.2) is 22.7 Å². The monoisotopic (exact) mass is 385 g/mol. The summed E-state index contributed by atoms with van der Waals surface area (Å²) in [6, 6.07) is 5.53. The lowest BCUT2D eigenvalue weighted by molar-refractivity contribution is -0.120. The zero-order valence-corrected chi connectivity index (χ0v) is 15.0. The second-order valence-corrected chi connectivity index (χ2v) is 7.50. The number of carboxylic acid groups (broad SMARTS) is 1. The first-order valence-electron chi connectivity index (χ1n) is 9.23. The molecule has 3 aliphatic rings. The van der Waals surface area contributed by atoms with Crippen molar-refractivity contribution in [3.63, 3.8) is 0 Å². The number of nitrogens with one attached hydrogen (secondary N) is 1. The zero-order valence-electron chi connectivity index (χ0n) is 15.0. The molecule has 3 aliphatic heterocycles. The summed E-state index contributed by atoms with van der Waals surface area (Å²) in [6.07, 6.45) is 0.243. The van der Waals surface area contributed by atoms with Crippen LogP contribution < -0.4 is 10.2 Å². The number of likely N-dealkylation sites (tertiary alicyclic amines) is 2. The van der Waals surface area contributed by atoms with Gasteiger partial charge in [-0.2, -0.15) is 0 Å². The van der Waals surface area contributed by atoms with Gasteiger partial charge in [-0.1, -0.05) is 11.2 Å². The number of benzene rings is 1. The Kier molecular flexibility index (Phi) is 3.76. The van der Waals surface area contributed by atoms with E-state index in [-0.39, 0.29) is 31.0 Å². The van der Waals surface area contributed by atoms with Gasteiger partial charge in [-0.25, -0.2) is 9.59 Å². The molecule has 2 atom stereocenters. The van der Waals surface area contributed by atoms with Crippen LogP contribution in [0.2, 0.25) is 0 Å². The van der Waals surface area contributed by atoms with Gasteiger partial charge in [0.2, 0.25) is 5.91 Å². The van der Waals surface area contributed by atoms with Crippen LogP contribution in [0.3, 0.4) is 0 Å². The third-order valence-corrected chi connectivity index (χ3v) is 5.81. The largest absolute Gasteiger partial charge is 0.465 e. The van der Waals surface area contributed by atoms with E-state index in [0.717, 1.165) is 23.9 Å². The number of rotatable bonds is 3. The van der Waals surface area contributed by atoms with E-state index in [0.29, 0.717) is 24.5 Å². The van der Waals surface area contributed by atoms with Gasteiger partial charge in [0.05, 0.1) is 5.39 Å². The number of carbonyl (C=O) groups is 3. The minimum atomic E-state index is -0.846. The van der Waals surface area contributed by atoms with Crippen LogP contribution >= 0.6 is 0 Å².